The first-order valence-corrected chi connectivity index (χ1v) is 8.80. The Morgan fingerprint density at radius 2 is 1.70 bits per heavy atom. The second kappa shape index (κ2) is 7.34. The molecule has 1 aromatic carbocycles. The van der Waals surface area contributed by atoms with Crippen LogP contribution in [-0.4, -0.2) is 44.9 Å². The molecule has 2 aliphatic rings. The van der Waals surface area contributed by atoms with Gasteiger partial charge in [0.2, 0.25) is 11.9 Å². The lowest BCUT2D eigenvalue weighted by Crippen LogP contribution is -2.58. The number of hydrogen-bond acceptors (Lipinski definition) is 9. The summed E-state index contributed by atoms with van der Waals surface area (Å²) in [5.41, 5.74) is 12.3. The quantitative estimate of drug-likeness (QED) is 0.766. The first kappa shape index (κ1) is 18.8. The first-order chi connectivity index (χ1) is 13.0. The van der Waals surface area contributed by atoms with Gasteiger partial charge in [0.05, 0.1) is 32.6 Å². The summed E-state index contributed by atoms with van der Waals surface area (Å²) in [5.74, 6) is 0.677. The average Bonchev–Trinajstić information content (AvgIpc) is 2.66. The Bertz CT molecular complexity index is 799. The zero-order chi connectivity index (χ0) is 19.6. The number of anilines is 1. The molecule has 9 nitrogen and oxygen atoms in total. The monoisotopic (exact) mass is 375 g/mol. The van der Waals surface area contributed by atoms with E-state index in [0.29, 0.717) is 17.2 Å². The van der Waals surface area contributed by atoms with E-state index >= 15 is 0 Å². The van der Waals surface area contributed by atoms with Crippen LogP contribution in [0, 0.1) is 0 Å². The van der Waals surface area contributed by atoms with Crippen LogP contribution >= 0.6 is 0 Å². The van der Waals surface area contributed by atoms with Gasteiger partial charge in [0.25, 0.3) is 0 Å². The van der Waals surface area contributed by atoms with Crippen molar-refractivity contribution in [2.45, 2.75) is 37.8 Å². The summed E-state index contributed by atoms with van der Waals surface area (Å²) in [7, 11) is 4.35. The Balaban J connectivity index is 2.23. The maximum atomic E-state index is 12.5. The number of carbonyl (C=O) groups is 1. The van der Waals surface area contributed by atoms with Crippen molar-refractivity contribution in [1.29, 1.82) is 0 Å². The van der Waals surface area contributed by atoms with Crippen LogP contribution in [0.25, 0.3) is 0 Å². The molecule has 1 aliphatic heterocycles. The molecular formula is C18H25N5O4. The molecule has 4 N–H and O–H groups in total. The van der Waals surface area contributed by atoms with Gasteiger partial charge >= 0.3 is 5.97 Å². The molecule has 1 aliphatic carbocycles. The van der Waals surface area contributed by atoms with Crippen LogP contribution < -0.4 is 25.8 Å². The Kier molecular flexibility index (Phi) is 5.11. The molecule has 3 rings (SSSR count). The molecule has 0 radical (unpaired) electrons. The molecule has 0 saturated heterocycles. The number of nitrogens with zero attached hydrogens (tertiary/aromatic N) is 3. The number of esters is 1. The molecule has 0 amide bonds. The van der Waals surface area contributed by atoms with Crippen LogP contribution in [0.5, 0.6) is 11.5 Å². The van der Waals surface area contributed by atoms with E-state index in [4.69, 9.17) is 25.7 Å². The first-order valence-electron chi connectivity index (χ1n) is 8.80. The van der Waals surface area contributed by atoms with Gasteiger partial charge in [-0.05, 0) is 25.7 Å². The topological polar surface area (TPSA) is 125 Å². The summed E-state index contributed by atoms with van der Waals surface area (Å²) < 4.78 is 15.7. The van der Waals surface area contributed by atoms with Gasteiger partial charge in [0.1, 0.15) is 5.66 Å². The van der Waals surface area contributed by atoms with Crippen molar-refractivity contribution in [3.63, 3.8) is 0 Å². The molecule has 1 heterocycles. The van der Waals surface area contributed by atoms with Crippen LogP contribution in [0.2, 0.25) is 0 Å². The molecule has 1 spiro atoms. The predicted octanol–water partition coefficient (Wildman–Crippen LogP) is 1.60. The number of ether oxygens (including phenoxy) is 3. The van der Waals surface area contributed by atoms with Crippen LogP contribution in [0.4, 0.5) is 5.69 Å². The molecular weight excluding hydrogens is 350 g/mol. The predicted molar refractivity (Wildman–Crippen MR) is 102 cm³/mol. The van der Waals surface area contributed by atoms with Gasteiger partial charge in [-0.3, -0.25) is 4.90 Å². The number of carbonyl (C=O) groups excluding carboxylic acids is 1. The van der Waals surface area contributed by atoms with Crippen molar-refractivity contribution < 1.29 is 19.0 Å². The average molecular weight is 375 g/mol. The number of benzene rings is 1. The molecule has 0 aromatic heterocycles. The van der Waals surface area contributed by atoms with E-state index in [1.165, 1.54) is 21.3 Å². The van der Waals surface area contributed by atoms with Gasteiger partial charge < -0.3 is 25.7 Å². The largest absolute Gasteiger partial charge is 0.493 e. The minimum absolute atomic E-state index is 0.144. The third-order valence-corrected chi connectivity index (χ3v) is 5.00. The molecule has 1 saturated carbocycles. The van der Waals surface area contributed by atoms with Gasteiger partial charge in [0.15, 0.2) is 11.5 Å². The van der Waals surface area contributed by atoms with Crippen LogP contribution in [0.1, 0.15) is 42.5 Å². The summed E-state index contributed by atoms with van der Waals surface area (Å²) in [6.45, 7) is 0. The normalized spacial score (nSPS) is 18.6. The molecule has 1 aromatic rings. The van der Waals surface area contributed by atoms with Gasteiger partial charge in [-0.15, -0.1) is 0 Å². The van der Waals surface area contributed by atoms with Crippen LogP contribution in [0.3, 0.4) is 0 Å². The fraction of sp³-hybridized carbons (Fsp3) is 0.500. The number of guanidine groups is 2. The maximum Gasteiger partial charge on any atom is 0.340 e. The summed E-state index contributed by atoms with van der Waals surface area (Å²) in [6, 6.07) is 3.27. The molecule has 0 atom stereocenters. The van der Waals surface area contributed by atoms with E-state index < -0.39 is 11.6 Å². The Labute approximate surface area is 158 Å². The van der Waals surface area contributed by atoms with E-state index in [1.54, 1.807) is 17.0 Å². The Hall–Kier alpha value is -2.97. The molecule has 1 fully saturated rings. The number of methoxy groups -OCH3 is 3. The minimum Gasteiger partial charge on any atom is -0.493 e. The van der Waals surface area contributed by atoms with E-state index in [1.807, 2.05) is 0 Å². The standard InChI is InChI=1S/C18H25N5O4/c1-25-13-9-11(15(24)27-3)12(10-14(13)26-2)23-17(20)21-16(19)22-18(23)7-5-4-6-8-18/h9-10H,4-8H2,1-3H3,(H4,19,20,21,22). The molecule has 0 unspecified atom stereocenters. The third kappa shape index (κ3) is 3.24. The summed E-state index contributed by atoms with van der Waals surface area (Å²) in [6.07, 6.45) is 4.55. The minimum atomic E-state index is -0.684. The van der Waals surface area contributed by atoms with Crippen molar-refractivity contribution >= 4 is 23.6 Å². The highest BCUT2D eigenvalue weighted by Gasteiger charge is 2.44. The van der Waals surface area contributed by atoms with E-state index in [-0.39, 0.29) is 17.5 Å². The van der Waals surface area contributed by atoms with Gasteiger partial charge in [-0.1, -0.05) is 6.42 Å². The fourth-order valence-electron chi connectivity index (χ4n) is 3.80. The Morgan fingerprint density at radius 3 is 2.30 bits per heavy atom. The fourth-order valence-corrected chi connectivity index (χ4v) is 3.80. The highest BCUT2D eigenvalue weighted by molar-refractivity contribution is 6.09. The van der Waals surface area contributed by atoms with E-state index in [0.717, 1.165) is 32.1 Å². The zero-order valence-corrected chi connectivity index (χ0v) is 15.8. The summed E-state index contributed by atoms with van der Waals surface area (Å²) in [4.78, 5) is 23.0. The number of nitrogens with two attached hydrogens (primary N) is 2. The van der Waals surface area contributed by atoms with Crippen molar-refractivity contribution in [1.82, 2.24) is 0 Å². The molecule has 27 heavy (non-hydrogen) atoms. The lowest BCUT2D eigenvalue weighted by molar-refractivity contribution is 0.0601. The molecule has 0 bridgehead atoms. The van der Waals surface area contributed by atoms with Crippen molar-refractivity contribution in [2.75, 3.05) is 26.2 Å². The zero-order valence-electron chi connectivity index (χ0n) is 15.8. The van der Waals surface area contributed by atoms with Gasteiger partial charge in [0, 0.05) is 12.1 Å². The SMILES string of the molecule is COC(=O)c1cc(OC)c(OC)cc1N1C(N)=NC(N)=NC12CCCCC2. The number of aliphatic imine (C=N–C) groups is 2. The van der Waals surface area contributed by atoms with Gasteiger partial charge in [-0.2, -0.15) is 4.99 Å². The van der Waals surface area contributed by atoms with Crippen LogP contribution in [0.15, 0.2) is 22.1 Å². The lowest BCUT2D eigenvalue weighted by Gasteiger charge is -2.46. The summed E-state index contributed by atoms with van der Waals surface area (Å²) >= 11 is 0. The van der Waals surface area contributed by atoms with Crippen molar-refractivity contribution in [2.24, 2.45) is 21.5 Å². The van der Waals surface area contributed by atoms with E-state index in [2.05, 4.69) is 9.98 Å². The molecule has 9 heteroatoms. The molecule has 146 valence electrons. The van der Waals surface area contributed by atoms with Crippen LogP contribution in [-0.2, 0) is 4.74 Å². The second-order valence-corrected chi connectivity index (χ2v) is 6.53. The number of rotatable bonds is 4. The summed E-state index contributed by atoms with van der Waals surface area (Å²) in [5, 5.41) is 0. The third-order valence-electron chi connectivity index (χ3n) is 5.00. The second-order valence-electron chi connectivity index (χ2n) is 6.53. The van der Waals surface area contributed by atoms with Gasteiger partial charge in [-0.25, -0.2) is 9.79 Å². The van der Waals surface area contributed by atoms with Crippen molar-refractivity contribution in [3.05, 3.63) is 17.7 Å². The number of hydrogen-bond donors (Lipinski definition) is 2. The maximum absolute atomic E-state index is 12.5. The smallest absolute Gasteiger partial charge is 0.340 e. The van der Waals surface area contributed by atoms with Crippen molar-refractivity contribution in [3.8, 4) is 11.5 Å². The highest BCUT2D eigenvalue weighted by atomic mass is 16.5. The highest BCUT2D eigenvalue weighted by Crippen LogP contribution is 2.43. The lowest BCUT2D eigenvalue weighted by atomic mass is 9.87. The van der Waals surface area contributed by atoms with E-state index in [9.17, 15) is 4.79 Å². The Morgan fingerprint density at radius 1 is 1.07 bits per heavy atom.